The molecule has 0 saturated carbocycles. The van der Waals surface area contributed by atoms with Gasteiger partial charge in [0.1, 0.15) is 0 Å². The molecule has 0 bridgehead atoms. The van der Waals surface area contributed by atoms with Crippen LogP contribution in [0.4, 0.5) is 0 Å². The van der Waals surface area contributed by atoms with E-state index >= 15 is 0 Å². The van der Waals surface area contributed by atoms with Gasteiger partial charge in [0, 0.05) is 6.92 Å². The molecule has 0 rings (SSSR count). The lowest BCUT2D eigenvalue weighted by molar-refractivity contribution is -0.158. The number of carbonyl (C=O) groups is 3. The Labute approximate surface area is 111 Å². The van der Waals surface area contributed by atoms with E-state index in [2.05, 4.69) is 10.1 Å². The zero-order chi connectivity index (χ0) is 15.0. The molecular weight excluding hydrogens is 254 g/mol. The van der Waals surface area contributed by atoms with E-state index in [1.54, 1.807) is 0 Å². The van der Waals surface area contributed by atoms with E-state index in [1.807, 2.05) is 13.8 Å². The first-order valence-corrected chi connectivity index (χ1v) is 6.06. The van der Waals surface area contributed by atoms with E-state index < -0.39 is 36.4 Å². The minimum atomic E-state index is -1.38. The summed E-state index contributed by atoms with van der Waals surface area (Å²) in [4.78, 5) is 33.2. The Bertz CT molecular complexity index is 312. The second-order valence-corrected chi connectivity index (χ2v) is 4.71. The number of hydrogen-bond acceptors (Lipinski definition) is 5. The van der Waals surface area contributed by atoms with Crippen molar-refractivity contribution < 1.29 is 29.3 Å². The number of aliphatic hydroxyl groups is 1. The maximum atomic E-state index is 11.8. The third-order valence-corrected chi connectivity index (χ3v) is 2.28. The smallest absolute Gasteiger partial charge is 0.307 e. The molecule has 2 atom stereocenters. The summed E-state index contributed by atoms with van der Waals surface area (Å²) in [7, 11) is 0. The summed E-state index contributed by atoms with van der Waals surface area (Å²) in [6.07, 6.45) is -1.44. The molecule has 0 heterocycles. The van der Waals surface area contributed by atoms with Crippen molar-refractivity contribution in [1.82, 2.24) is 5.32 Å². The molecule has 0 aromatic rings. The van der Waals surface area contributed by atoms with Gasteiger partial charge in [-0.1, -0.05) is 13.8 Å². The van der Waals surface area contributed by atoms with Crippen LogP contribution in [0.1, 0.15) is 33.6 Å². The van der Waals surface area contributed by atoms with Gasteiger partial charge in [-0.05, 0) is 12.3 Å². The number of rotatable bonds is 8. The van der Waals surface area contributed by atoms with Crippen LogP contribution in [0.3, 0.4) is 0 Å². The van der Waals surface area contributed by atoms with Crippen LogP contribution in [-0.4, -0.2) is 46.8 Å². The van der Waals surface area contributed by atoms with Gasteiger partial charge in [0.2, 0.25) is 0 Å². The standard InChI is InChI=1S/C12H21NO6/c1-7(2)4-9(6-14)13-12(18)10(5-11(16)17)19-8(3)15/h7,9-10,14H,4-6H2,1-3H3,(H,13,18)(H,16,17)/t9-,10+/m1/s1. The zero-order valence-electron chi connectivity index (χ0n) is 11.4. The van der Waals surface area contributed by atoms with Gasteiger partial charge in [-0.3, -0.25) is 14.4 Å². The first kappa shape index (κ1) is 17.4. The molecule has 110 valence electrons. The van der Waals surface area contributed by atoms with Crippen LogP contribution in [-0.2, 0) is 19.1 Å². The predicted octanol–water partition coefficient (Wildman–Crippen LogP) is -0.0840. The molecule has 0 spiro atoms. The second kappa shape index (κ2) is 8.47. The molecule has 0 fully saturated rings. The summed E-state index contributed by atoms with van der Waals surface area (Å²) in [5, 5.41) is 20.3. The maximum Gasteiger partial charge on any atom is 0.307 e. The molecule has 0 aliphatic heterocycles. The fourth-order valence-electron chi connectivity index (χ4n) is 1.59. The summed E-state index contributed by atoms with van der Waals surface area (Å²) in [5.74, 6) is -2.43. The molecule has 3 N–H and O–H groups in total. The van der Waals surface area contributed by atoms with E-state index in [9.17, 15) is 14.4 Å². The molecule has 0 saturated heterocycles. The number of carboxylic acids is 1. The molecule has 7 heteroatoms. The summed E-state index contributed by atoms with van der Waals surface area (Å²) in [6.45, 7) is 4.69. The van der Waals surface area contributed by atoms with Crippen molar-refractivity contribution in [3.05, 3.63) is 0 Å². The average Bonchev–Trinajstić information content (AvgIpc) is 2.25. The summed E-state index contributed by atoms with van der Waals surface area (Å²) in [6, 6.07) is -0.487. The third-order valence-electron chi connectivity index (χ3n) is 2.28. The SMILES string of the molecule is CC(=O)O[C@@H](CC(=O)O)C(=O)N[C@@H](CO)CC(C)C. The van der Waals surface area contributed by atoms with Crippen molar-refractivity contribution in [2.45, 2.75) is 45.8 Å². The Morgan fingerprint density at radius 1 is 1.26 bits per heavy atom. The molecule has 0 aromatic carbocycles. The first-order valence-electron chi connectivity index (χ1n) is 6.06. The van der Waals surface area contributed by atoms with Crippen molar-refractivity contribution in [3.8, 4) is 0 Å². The Morgan fingerprint density at radius 2 is 1.84 bits per heavy atom. The van der Waals surface area contributed by atoms with Crippen molar-refractivity contribution in [2.75, 3.05) is 6.61 Å². The summed E-state index contributed by atoms with van der Waals surface area (Å²) < 4.78 is 4.66. The molecular formula is C12H21NO6. The Morgan fingerprint density at radius 3 is 2.21 bits per heavy atom. The fourth-order valence-corrected chi connectivity index (χ4v) is 1.59. The number of aliphatic carboxylic acids is 1. The van der Waals surface area contributed by atoms with Crippen LogP contribution < -0.4 is 5.32 Å². The normalized spacial score (nSPS) is 13.7. The van der Waals surface area contributed by atoms with Crippen LogP contribution in [0.2, 0.25) is 0 Å². The van der Waals surface area contributed by atoms with Crippen LogP contribution in [0, 0.1) is 5.92 Å². The highest BCUT2D eigenvalue weighted by molar-refractivity contribution is 5.87. The summed E-state index contributed by atoms with van der Waals surface area (Å²) >= 11 is 0. The van der Waals surface area contributed by atoms with E-state index in [0.29, 0.717) is 6.42 Å². The van der Waals surface area contributed by atoms with Gasteiger partial charge in [0.15, 0.2) is 6.10 Å². The molecule has 1 amide bonds. The van der Waals surface area contributed by atoms with E-state index in [4.69, 9.17) is 10.2 Å². The predicted molar refractivity (Wildman–Crippen MR) is 66.3 cm³/mol. The zero-order valence-corrected chi connectivity index (χ0v) is 11.4. The van der Waals surface area contributed by atoms with E-state index in [-0.39, 0.29) is 12.5 Å². The Kier molecular flexibility index (Phi) is 7.74. The van der Waals surface area contributed by atoms with Gasteiger partial charge in [0.05, 0.1) is 19.1 Å². The molecule has 7 nitrogen and oxygen atoms in total. The highest BCUT2D eigenvalue weighted by atomic mass is 16.5. The minimum Gasteiger partial charge on any atom is -0.481 e. The number of ether oxygens (including phenoxy) is 1. The monoisotopic (exact) mass is 275 g/mol. The number of nitrogens with one attached hydrogen (secondary N) is 1. The van der Waals surface area contributed by atoms with Crippen molar-refractivity contribution in [3.63, 3.8) is 0 Å². The molecule has 0 radical (unpaired) electrons. The van der Waals surface area contributed by atoms with E-state index in [1.165, 1.54) is 0 Å². The summed E-state index contributed by atoms with van der Waals surface area (Å²) in [5.41, 5.74) is 0. The Hall–Kier alpha value is -1.63. The number of aliphatic hydroxyl groups excluding tert-OH is 1. The lowest BCUT2D eigenvalue weighted by Gasteiger charge is -2.21. The number of esters is 1. The number of amides is 1. The number of carbonyl (C=O) groups excluding carboxylic acids is 2. The van der Waals surface area contributed by atoms with Crippen LogP contribution in [0.5, 0.6) is 0 Å². The molecule has 0 aliphatic rings. The van der Waals surface area contributed by atoms with Crippen molar-refractivity contribution in [1.29, 1.82) is 0 Å². The molecule has 19 heavy (non-hydrogen) atoms. The van der Waals surface area contributed by atoms with Gasteiger partial charge in [-0.25, -0.2) is 0 Å². The van der Waals surface area contributed by atoms with Gasteiger partial charge in [0.25, 0.3) is 5.91 Å². The lowest BCUT2D eigenvalue weighted by atomic mass is 10.0. The number of hydrogen-bond donors (Lipinski definition) is 3. The highest BCUT2D eigenvalue weighted by Crippen LogP contribution is 2.06. The van der Waals surface area contributed by atoms with Gasteiger partial charge < -0.3 is 20.3 Å². The second-order valence-electron chi connectivity index (χ2n) is 4.71. The van der Waals surface area contributed by atoms with Gasteiger partial charge >= 0.3 is 11.9 Å². The van der Waals surface area contributed by atoms with Crippen LogP contribution in [0.25, 0.3) is 0 Å². The van der Waals surface area contributed by atoms with Gasteiger partial charge in [-0.15, -0.1) is 0 Å². The molecule has 0 aliphatic carbocycles. The van der Waals surface area contributed by atoms with Gasteiger partial charge in [-0.2, -0.15) is 0 Å². The quantitative estimate of drug-likeness (QED) is 0.534. The van der Waals surface area contributed by atoms with Crippen molar-refractivity contribution in [2.24, 2.45) is 5.92 Å². The minimum absolute atomic E-state index is 0.254. The van der Waals surface area contributed by atoms with Crippen LogP contribution >= 0.6 is 0 Å². The largest absolute Gasteiger partial charge is 0.481 e. The topological polar surface area (TPSA) is 113 Å². The maximum absolute atomic E-state index is 11.8. The first-order chi connectivity index (χ1) is 8.76. The molecule has 0 unspecified atom stereocenters. The highest BCUT2D eigenvalue weighted by Gasteiger charge is 2.26. The average molecular weight is 275 g/mol. The Balaban J connectivity index is 4.59. The van der Waals surface area contributed by atoms with E-state index in [0.717, 1.165) is 6.92 Å². The van der Waals surface area contributed by atoms with Crippen LogP contribution in [0.15, 0.2) is 0 Å². The number of carboxylic acid groups (broad SMARTS) is 1. The molecule has 0 aromatic heterocycles. The van der Waals surface area contributed by atoms with Crippen molar-refractivity contribution >= 4 is 17.8 Å². The third kappa shape index (κ3) is 8.15. The lowest BCUT2D eigenvalue weighted by Crippen LogP contribution is -2.45. The fraction of sp³-hybridized carbons (Fsp3) is 0.750.